The van der Waals surface area contributed by atoms with Crippen molar-refractivity contribution in [1.82, 2.24) is 14.4 Å². The fraction of sp³-hybridized carbons (Fsp3) is 0.231. The second-order valence-electron chi connectivity index (χ2n) is 5.09. The number of amides is 1. The van der Waals surface area contributed by atoms with E-state index < -0.39 is 60.7 Å². The van der Waals surface area contributed by atoms with Gasteiger partial charge in [0.2, 0.25) is 0 Å². The maximum Gasteiger partial charge on any atom is 0.417 e. The molecule has 3 N–H and O–H groups in total. The summed E-state index contributed by atoms with van der Waals surface area (Å²) in [4.78, 5) is 45.7. The van der Waals surface area contributed by atoms with Crippen LogP contribution in [0, 0.1) is 0 Å². The molecule has 0 aliphatic heterocycles. The molecule has 11 nitrogen and oxygen atoms in total. The minimum atomic E-state index is -5.31. The van der Waals surface area contributed by atoms with Crippen LogP contribution in [0.15, 0.2) is 26.6 Å². The third kappa shape index (κ3) is 3.83. The number of sulfonamides is 1. The number of rotatable bonds is 3. The van der Waals surface area contributed by atoms with Gasteiger partial charge in [-0.3, -0.25) is 14.4 Å². The van der Waals surface area contributed by atoms with E-state index in [1.807, 2.05) is 0 Å². The van der Waals surface area contributed by atoms with Crippen LogP contribution in [0.1, 0.15) is 12.5 Å². The van der Waals surface area contributed by atoms with E-state index in [1.54, 1.807) is 4.98 Å². The van der Waals surface area contributed by atoms with Crippen LogP contribution >= 0.6 is 0 Å². The van der Waals surface area contributed by atoms with Gasteiger partial charge in [0, 0.05) is 0 Å². The molecular formula is C13H10F3N3O8S. The molecule has 152 valence electrons. The topological polar surface area (TPSA) is 165 Å². The quantitative estimate of drug-likeness (QED) is 0.330. The van der Waals surface area contributed by atoms with E-state index in [4.69, 9.17) is 0 Å². The van der Waals surface area contributed by atoms with Crippen LogP contribution in [0.4, 0.5) is 13.2 Å². The van der Waals surface area contributed by atoms with Crippen LogP contribution in [0.25, 0.3) is 11.0 Å². The minimum absolute atomic E-state index is 0.145. The Balaban J connectivity index is 2.77. The van der Waals surface area contributed by atoms with Crippen molar-refractivity contribution in [2.24, 2.45) is 0 Å². The summed E-state index contributed by atoms with van der Waals surface area (Å²) in [5.74, 6) is -3.53. The highest BCUT2D eigenvalue weighted by molar-refractivity contribution is 7.90. The molecule has 28 heavy (non-hydrogen) atoms. The summed E-state index contributed by atoms with van der Waals surface area (Å²) in [6, 6.07) is 0.350. The van der Waals surface area contributed by atoms with Gasteiger partial charge >= 0.3 is 29.2 Å². The Kier molecular flexibility index (Phi) is 5.23. The van der Waals surface area contributed by atoms with Crippen LogP contribution in [-0.4, -0.2) is 41.8 Å². The molecule has 0 saturated carbocycles. The molecule has 0 bridgehead atoms. The normalized spacial score (nSPS) is 12.0. The van der Waals surface area contributed by atoms with Crippen molar-refractivity contribution in [2.45, 2.75) is 18.0 Å². The largest absolute Gasteiger partial charge is 0.459 e. The monoisotopic (exact) mass is 425 g/mol. The molecule has 0 saturated heterocycles. The number of aromatic amines is 1. The van der Waals surface area contributed by atoms with Gasteiger partial charge in [-0.1, -0.05) is 0 Å². The molecule has 0 spiro atoms. The number of H-pyrrole nitrogens is 1. The average molecular weight is 425 g/mol. The fourth-order valence-corrected chi connectivity index (χ4v) is 3.25. The molecule has 15 heteroatoms. The molecule has 2 aromatic rings. The second kappa shape index (κ2) is 6.99. The number of alkyl halides is 3. The molecule has 0 aliphatic rings. The number of nitrogens with one attached hydrogen (secondary N) is 2. The van der Waals surface area contributed by atoms with E-state index >= 15 is 0 Å². The van der Waals surface area contributed by atoms with Crippen molar-refractivity contribution < 1.29 is 41.1 Å². The first-order chi connectivity index (χ1) is 12.8. The number of esters is 1. The summed E-state index contributed by atoms with van der Waals surface area (Å²) < 4.78 is 69.4. The standard InChI is InChI=1S/C13H10F3N3O8S/c1-2-27-12(23)10(21)18-28(25,26)8-4-7-6(3-5(8)13(14,15)16)17-9(20)11(22)19(7)24/h3-4,24H,2H2,1H3,(H,17,20)(H,18,21). The molecule has 1 amide bonds. The Morgan fingerprint density at radius 2 is 1.89 bits per heavy atom. The zero-order chi connectivity index (χ0) is 21.4. The molecule has 1 aromatic heterocycles. The third-order valence-corrected chi connectivity index (χ3v) is 4.61. The van der Waals surface area contributed by atoms with Gasteiger partial charge < -0.3 is 14.9 Å². The van der Waals surface area contributed by atoms with E-state index in [0.29, 0.717) is 0 Å². The summed E-state index contributed by atoms with van der Waals surface area (Å²) in [6.07, 6.45) is -5.29. The molecule has 2 rings (SSSR count). The average Bonchev–Trinajstić information content (AvgIpc) is 2.57. The predicted molar refractivity (Wildman–Crippen MR) is 83.0 cm³/mol. The SMILES string of the molecule is CCOC(=O)C(=O)NS(=O)(=O)c1cc2c(cc1C(F)(F)F)[nH]c(=O)c(=O)n2O. The number of halogens is 3. The number of nitrogens with zero attached hydrogens (tertiary/aromatic N) is 1. The van der Waals surface area contributed by atoms with Crippen molar-refractivity contribution >= 4 is 32.9 Å². The predicted octanol–water partition coefficient (Wildman–Crippen LogP) is -0.686. The van der Waals surface area contributed by atoms with E-state index in [-0.39, 0.29) is 23.5 Å². The lowest BCUT2D eigenvalue weighted by molar-refractivity contribution is -0.153. The molecule has 0 fully saturated rings. The molecular weight excluding hydrogens is 415 g/mol. The number of ether oxygens (including phenoxy) is 1. The van der Waals surface area contributed by atoms with Crippen molar-refractivity contribution in [2.75, 3.05) is 6.61 Å². The first-order valence-electron chi connectivity index (χ1n) is 7.13. The lowest BCUT2D eigenvalue weighted by Crippen LogP contribution is -2.38. The van der Waals surface area contributed by atoms with Crippen LogP contribution in [0.2, 0.25) is 0 Å². The first-order valence-corrected chi connectivity index (χ1v) is 8.61. The maximum absolute atomic E-state index is 13.3. The van der Waals surface area contributed by atoms with Crippen LogP contribution < -0.4 is 15.8 Å². The Morgan fingerprint density at radius 3 is 2.43 bits per heavy atom. The number of hydrogen-bond acceptors (Lipinski definition) is 8. The summed E-state index contributed by atoms with van der Waals surface area (Å²) in [5.41, 5.74) is -6.41. The third-order valence-electron chi connectivity index (χ3n) is 3.24. The number of carbonyl (C=O) groups is 2. The molecule has 0 atom stereocenters. The minimum Gasteiger partial charge on any atom is -0.459 e. The zero-order valence-electron chi connectivity index (χ0n) is 13.7. The maximum atomic E-state index is 13.3. The van der Waals surface area contributed by atoms with E-state index in [9.17, 15) is 46.0 Å². The van der Waals surface area contributed by atoms with E-state index in [1.165, 1.54) is 6.92 Å². The highest BCUT2D eigenvalue weighted by atomic mass is 32.2. The molecule has 0 radical (unpaired) electrons. The van der Waals surface area contributed by atoms with Gasteiger partial charge in [0.25, 0.3) is 10.0 Å². The van der Waals surface area contributed by atoms with Crippen molar-refractivity contribution in [1.29, 1.82) is 0 Å². The molecule has 1 heterocycles. The van der Waals surface area contributed by atoms with E-state index in [2.05, 4.69) is 4.74 Å². The second-order valence-corrected chi connectivity index (χ2v) is 6.74. The van der Waals surface area contributed by atoms with Gasteiger partial charge in [0.05, 0.1) is 17.7 Å². The number of benzene rings is 1. The van der Waals surface area contributed by atoms with Gasteiger partial charge in [0.15, 0.2) is 0 Å². The Morgan fingerprint density at radius 1 is 1.29 bits per heavy atom. The van der Waals surface area contributed by atoms with Gasteiger partial charge in [-0.05, 0) is 19.1 Å². The Bertz CT molecular complexity index is 1200. The fourth-order valence-electron chi connectivity index (χ4n) is 2.08. The number of hydrogen-bond donors (Lipinski definition) is 3. The highest BCUT2D eigenvalue weighted by Crippen LogP contribution is 2.36. The Hall–Kier alpha value is -3.36. The van der Waals surface area contributed by atoms with Gasteiger partial charge in [-0.15, -0.1) is 4.73 Å². The summed E-state index contributed by atoms with van der Waals surface area (Å²) in [6.45, 7) is 0.992. The van der Waals surface area contributed by atoms with Crippen molar-refractivity contribution in [3.8, 4) is 0 Å². The lowest BCUT2D eigenvalue weighted by atomic mass is 10.2. The Labute approximate surface area is 152 Å². The summed E-state index contributed by atoms with van der Waals surface area (Å²) in [5, 5.41) is 9.61. The summed E-state index contributed by atoms with van der Waals surface area (Å²) >= 11 is 0. The summed E-state index contributed by atoms with van der Waals surface area (Å²) in [7, 11) is -5.31. The highest BCUT2D eigenvalue weighted by Gasteiger charge is 2.39. The number of fused-ring (bicyclic) bond motifs is 1. The van der Waals surface area contributed by atoms with E-state index in [0.717, 1.165) is 4.72 Å². The van der Waals surface area contributed by atoms with Crippen molar-refractivity contribution in [3.05, 3.63) is 38.4 Å². The van der Waals surface area contributed by atoms with Crippen LogP contribution in [-0.2, 0) is 30.5 Å². The van der Waals surface area contributed by atoms with Gasteiger partial charge in [-0.2, -0.15) is 13.2 Å². The molecule has 0 aliphatic carbocycles. The van der Waals surface area contributed by atoms with Crippen LogP contribution in [0.5, 0.6) is 0 Å². The number of carbonyl (C=O) groups excluding carboxylic acids is 2. The first kappa shape index (κ1) is 20.9. The molecule has 1 aromatic carbocycles. The lowest BCUT2D eigenvalue weighted by Gasteiger charge is -2.15. The van der Waals surface area contributed by atoms with Crippen LogP contribution in [0.3, 0.4) is 0 Å². The zero-order valence-corrected chi connectivity index (χ0v) is 14.5. The van der Waals surface area contributed by atoms with Gasteiger partial charge in [-0.25, -0.2) is 17.9 Å². The number of aromatic nitrogens is 2. The van der Waals surface area contributed by atoms with Crippen molar-refractivity contribution in [3.63, 3.8) is 0 Å². The van der Waals surface area contributed by atoms with Gasteiger partial charge in [0.1, 0.15) is 10.4 Å². The molecule has 0 unspecified atom stereocenters. The smallest absolute Gasteiger partial charge is 0.417 e.